The van der Waals surface area contributed by atoms with E-state index in [1.807, 2.05) is 24.3 Å². The maximum Gasteiger partial charge on any atom is 0.249 e. The van der Waals surface area contributed by atoms with Crippen LogP contribution in [0.15, 0.2) is 24.3 Å². The monoisotopic (exact) mass is 387 g/mol. The van der Waals surface area contributed by atoms with Crippen LogP contribution in [-0.2, 0) is 16.0 Å². The van der Waals surface area contributed by atoms with Crippen LogP contribution in [0, 0.1) is 0 Å². The molecule has 1 saturated heterocycles. The first-order valence-corrected chi connectivity index (χ1v) is 10.3. The molecule has 6 nitrogen and oxygen atoms in total. The van der Waals surface area contributed by atoms with Crippen LogP contribution >= 0.6 is 11.3 Å². The number of hydrogen-bond donors (Lipinski definition) is 2. The van der Waals surface area contributed by atoms with Crippen molar-refractivity contribution < 1.29 is 14.3 Å². The van der Waals surface area contributed by atoms with E-state index in [-0.39, 0.29) is 24.2 Å². The molecule has 0 radical (unpaired) electrons. The van der Waals surface area contributed by atoms with Gasteiger partial charge in [0, 0.05) is 12.1 Å². The number of carbonyl (C=O) groups excluding carboxylic acids is 1. The fraction of sp³-hybridized carbons (Fsp3) is 0.500. The van der Waals surface area contributed by atoms with E-state index in [0.29, 0.717) is 6.54 Å². The highest BCUT2D eigenvalue weighted by atomic mass is 32.1. The van der Waals surface area contributed by atoms with Gasteiger partial charge in [-0.3, -0.25) is 4.79 Å². The Morgan fingerprint density at radius 2 is 2.15 bits per heavy atom. The molecule has 1 unspecified atom stereocenters. The van der Waals surface area contributed by atoms with Gasteiger partial charge in [0.1, 0.15) is 16.9 Å². The number of benzene rings is 1. The summed E-state index contributed by atoms with van der Waals surface area (Å²) in [5, 5.41) is 4.18. The third-order valence-corrected chi connectivity index (χ3v) is 6.53. The van der Waals surface area contributed by atoms with Crippen molar-refractivity contribution in [1.82, 2.24) is 10.3 Å². The predicted octanol–water partition coefficient (Wildman–Crippen LogP) is 2.82. The highest BCUT2D eigenvalue weighted by molar-refractivity contribution is 7.15. The molecule has 1 aliphatic carbocycles. The number of aryl methyl sites for hydroxylation is 1. The molecular weight excluding hydrogens is 362 g/mol. The van der Waals surface area contributed by atoms with Crippen molar-refractivity contribution in [2.45, 2.75) is 50.4 Å². The largest absolute Gasteiger partial charge is 0.497 e. The Hall–Kier alpha value is -1.96. The Bertz CT molecular complexity index is 805. The molecule has 2 heterocycles. The zero-order chi connectivity index (χ0) is 18.8. The Balaban J connectivity index is 1.49. The van der Waals surface area contributed by atoms with Crippen LogP contribution in [0.3, 0.4) is 0 Å². The van der Waals surface area contributed by atoms with E-state index in [9.17, 15) is 4.79 Å². The van der Waals surface area contributed by atoms with Crippen molar-refractivity contribution >= 4 is 17.2 Å². The second-order valence-corrected chi connectivity index (χ2v) is 8.10. The molecule has 1 aromatic carbocycles. The topological polar surface area (TPSA) is 86.5 Å². The smallest absolute Gasteiger partial charge is 0.249 e. The lowest BCUT2D eigenvalue weighted by Gasteiger charge is -2.24. The van der Waals surface area contributed by atoms with E-state index in [0.717, 1.165) is 54.1 Å². The molecule has 1 fully saturated rings. The molecule has 2 aromatic rings. The maximum atomic E-state index is 12.6. The zero-order valence-electron chi connectivity index (χ0n) is 15.4. The minimum absolute atomic E-state index is 0.00717. The summed E-state index contributed by atoms with van der Waals surface area (Å²) >= 11 is 1.67. The van der Waals surface area contributed by atoms with Gasteiger partial charge in [-0.25, -0.2) is 4.98 Å². The van der Waals surface area contributed by atoms with Gasteiger partial charge in [0.2, 0.25) is 5.91 Å². The van der Waals surface area contributed by atoms with Gasteiger partial charge >= 0.3 is 0 Å². The predicted molar refractivity (Wildman–Crippen MR) is 105 cm³/mol. The molecule has 2 aliphatic rings. The number of aromatic nitrogens is 1. The van der Waals surface area contributed by atoms with Crippen molar-refractivity contribution in [3.05, 3.63) is 34.8 Å². The molecule has 0 spiro atoms. The average molecular weight is 388 g/mol. The van der Waals surface area contributed by atoms with Crippen LogP contribution in [0.5, 0.6) is 5.75 Å². The number of hydrogen-bond acceptors (Lipinski definition) is 6. The molecular formula is C20H25N3O3S. The molecule has 4 rings (SSSR count). The highest BCUT2D eigenvalue weighted by Gasteiger charge is 2.33. The lowest BCUT2D eigenvalue weighted by molar-refractivity contribution is -0.132. The summed E-state index contributed by atoms with van der Waals surface area (Å²) < 4.78 is 11.0. The lowest BCUT2D eigenvalue weighted by Crippen LogP contribution is -2.38. The van der Waals surface area contributed by atoms with Crippen molar-refractivity contribution in [1.29, 1.82) is 0 Å². The van der Waals surface area contributed by atoms with Gasteiger partial charge in [-0.15, -0.1) is 11.3 Å². The number of methoxy groups -OCH3 is 1. The van der Waals surface area contributed by atoms with Gasteiger partial charge < -0.3 is 20.5 Å². The summed E-state index contributed by atoms with van der Waals surface area (Å²) in [6.45, 7) is 0.470. The molecule has 27 heavy (non-hydrogen) atoms. The number of amides is 1. The number of nitrogens with one attached hydrogen (secondary N) is 1. The number of rotatable bonds is 5. The SMILES string of the molecule is COc1ccc(-c2nc3c(s2)C(NC(=O)[C@@H]2CC[C@H](CN)O2)CCC3)cc1. The first-order chi connectivity index (χ1) is 13.2. The molecule has 1 aliphatic heterocycles. The second kappa shape index (κ2) is 7.96. The number of fused-ring (bicyclic) bond motifs is 1. The summed E-state index contributed by atoms with van der Waals surface area (Å²) in [4.78, 5) is 18.6. The molecule has 0 bridgehead atoms. The number of thiazole rings is 1. The van der Waals surface area contributed by atoms with E-state index in [4.69, 9.17) is 20.2 Å². The molecule has 3 atom stereocenters. The van der Waals surface area contributed by atoms with Crippen LogP contribution in [0.4, 0.5) is 0 Å². The lowest BCUT2D eigenvalue weighted by atomic mass is 9.97. The second-order valence-electron chi connectivity index (χ2n) is 7.07. The molecule has 0 saturated carbocycles. The van der Waals surface area contributed by atoms with E-state index in [1.165, 1.54) is 4.88 Å². The molecule has 1 aromatic heterocycles. The van der Waals surface area contributed by atoms with E-state index >= 15 is 0 Å². The standard InChI is InChI=1S/C20H25N3O3S/c1-25-13-7-5-12(6-8-13)20-23-16-4-2-3-15(18(16)27-20)22-19(24)17-10-9-14(11-21)26-17/h5-8,14-15,17H,2-4,9-11,21H2,1H3,(H,22,24)/t14-,15?,17+/m1/s1. The first-order valence-electron chi connectivity index (χ1n) is 9.48. The van der Waals surface area contributed by atoms with Crippen LogP contribution in [-0.4, -0.2) is 36.8 Å². The average Bonchev–Trinajstić information content (AvgIpc) is 3.35. The van der Waals surface area contributed by atoms with Gasteiger partial charge in [-0.05, 0) is 56.4 Å². The van der Waals surface area contributed by atoms with Crippen LogP contribution in [0.25, 0.3) is 10.6 Å². The van der Waals surface area contributed by atoms with Gasteiger partial charge in [0.25, 0.3) is 0 Å². The third kappa shape index (κ3) is 3.85. The summed E-state index contributed by atoms with van der Waals surface area (Å²) in [5.74, 6) is 0.806. The van der Waals surface area contributed by atoms with Crippen LogP contribution in [0.1, 0.15) is 42.3 Å². The summed E-state index contributed by atoms with van der Waals surface area (Å²) in [6.07, 6.45) is 4.16. The molecule has 7 heteroatoms. The molecule has 144 valence electrons. The normalized spacial score (nSPS) is 24.4. The van der Waals surface area contributed by atoms with Crippen molar-refractivity contribution in [3.8, 4) is 16.3 Å². The Labute approximate surface area is 163 Å². The summed E-state index contributed by atoms with van der Waals surface area (Å²) in [5.41, 5.74) is 7.83. The molecule has 1 amide bonds. The van der Waals surface area contributed by atoms with Crippen LogP contribution in [0.2, 0.25) is 0 Å². The van der Waals surface area contributed by atoms with Gasteiger partial charge in [0.15, 0.2) is 0 Å². The Kier molecular flexibility index (Phi) is 5.43. The Morgan fingerprint density at radius 3 is 2.85 bits per heavy atom. The molecule has 3 N–H and O–H groups in total. The van der Waals surface area contributed by atoms with Crippen LogP contribution < -0.4 is 15.8 Å². The minimum Gasteiger partial charge on any atom is -0.497 e. The van der Waals surface area contributed by atoms with Crippen molar-refractivity contribution in [2.24, 2.45) is 5.73 Å². The van der Waals surface area contributed by atoms with Gasteiger partial charge in [-0.1, -0.05) is 0 Å². The Morgan fingerprint density at radius 1 is 1.33 bits per heavy atom. The summed E-state index contributed by atoms with van der Waals surface area (Å²) in [7, 11) is 1.66. The highest BCUT2D eigenvalue weighted by Crippen LogP contribution is 2.38. The van der Waals surface area contributed by atoms with E-state index in [2.05, 4.69) is 5.32 Å². The van der Waals surface area contributed by atoms with Crippen molar-refractivity contribution in [3.63, 3.8) is 0 Å². The maximum absolute atomic E-state index is 12.6. The number of nitrogens with zero attached hydrogens (tertiary/aromatic N) is 1. The van der Waals surface area contributed by atoms with Gasteiger partial charge in [0.05, 0.1) is 29.8 Å². The van der Waals surface area contributed by atoms with E-state index < -0.39 is 0 Å². The fourth-order valence-electron chi connectivity index (χ4n) is 3.75. The zero-order valence-corrected chi connectivity index (χ0v) is 16.3. The quantitative estimate of drug-likeness (QED) is 0.824. The van der Waals surface area contributed by atoms with Gasteiger partial charge in [-0.2, -0.15) is 0 Å². The number of nitrogens with two attached hydrogens (primary N) is 1. The number of carbonyl (C=O) groups is 1. The minimum atomic E-state index is -0.377. The number of ether oxygens (including phenoxy) is 2. The third-order valence-electron chi connectivity index (χ3n) is 5.27. The first kappa shape index (κ1) is 18.4. The van der Waals surface area contributed by atoms with E-state index in [1.54, 1.807) is 18.4 Å². The fourth-order valence-corrected chi connectivity index (χ4v) is 4.95. The van der Waals surface area contributed by atoms with Crippen molar-refractivity contribution in [2.75, 3.05) is 13.7 Å². The summed E-state index contributed by atoms with van der Waals surface area (Å²) in [6, 6.07) is 7.96.